The molecule has 1 aromatic rings. The van der Waals surface area contributed by atoms with E-state index in [1.54, 1.807) is 0 Å². The van der Waals surface area contributed by atoms with Gasteiger partial charge in [-0.2, -0.15) is 0 Å². The number of carbonyl (C=O) groups is 1. The maximum Gasteiger partial charge on any atom is 0.337 e. The summed E-state index contributed by atoms with van der Waals surface area (Å²) < 4.78 is 10.8. The molecule has 0 unspecified atom stereocenters. The van der Waals surface area contributed by atoms with E-state index in [2.05, 4.69) is 4.98 Å². The van der Waals surface area contributed by atoms with Crippen molar-refractivity contribution < 1.29 is 19.4 Å². The number of ether oxygens (including phenoxy) is 2. The number of aromatic carboxylic acids is 1. The second-order valence-corrected chi connectivity index (χ2v) is 4.52. The summed E-state index contributed by atoms with van der Waals surface area (Å²) in [5.74, 6) is -0.587. The highest BCUT2D eigenvalue weighted by atomic mass is 16.5. The Labute approximate surface area is 100 Å². The number of rotatable bonds is 5. The van der Waals surface area contributed by atoms with Gasteiger partial charge in [-0.3, -0.25) is 4.98 Å². The summed E-state index contributed by atoms with van der Waals surface area (Å²) in [6.07, 6.45) is 2.75. The molecule has 0 saturated carbocycles. The van der Waals surface area contributed by atoms with Crippen LogP contribution in [0.2, 0.25) is 0 Å². The van der Waals surface area contributed by atoms with Crippen molar-refractivity contribution in [2.24, 2.45) is 0 Å². The SMILES string of the molecule is CC(C)(C)OCCOc1cncc(C(=O)O)c1. The van der Waals surface area contributed by atoms with Gasteiger partial charge in [-0.05, 0) is 26.8 Å². The Morgan fingerprint density at radius 1 is 1.35 bits per heavy atom. The molecule has 0 aromatic carbocycles. The van der Waals surface area contributed by atoms with Crippen molar-refractivity contribution in [3.63, 3.8) is 0 Å². The third kappa shape index (κ3) is 5.31. The maximum atomic E-state index is 10.7. The molecule has 5 heteroatoms. The van der Waals surface area contributed by atoms with Gasteiger partial charge < -0.3 is 14.6 Å². The van der Waals surface area contributed by atoms with Crippen LogP contribution in [-0.2, 0) is 4.74 Å². The first kappa shape index (κ1) is 13.4. The van der Waals surface area contributed by atoms with Crippen LogP contribution in [0.1, 0.15) is 31.1 Å². The monoisotopic (exact) mass is 239 g/mol. The van der Waals surface area contributed by atoms with Crippen LogP contribution in [0, 0.1) is 0 Å². The number of nitrogens with zero attached hydrogens (tertiary/aromatic N) is 1. The van der Waals surface area contributed by atoms with E-state index in [1.807, 2.05) is 20.8 Å². The molecule has 0 spiro atoms. The van der Waals surface area contributed by atoms with Crippen molar-refractivity contribution in [3.05, 3.63) is 24.0 Å². The molecule has 0 radical (unpaired) electrons. The summed E-state index contributed by atoms with van der Waals surface area (Å²) in [6, 6.07) is 1.44. The first-order valence-electron chi connectivity index (χ1n) is 5.33. The summed E-state index contributed by atoms with van der Waals surface area (Å²) in [5, 5.41) is 8.77. The van der Waals surface area contributed by atoms with Crippen LogP contribution in [0.15, 0.2) is 18.5 Å². The van der Waals surface area contributed by atoms with Crippen LogP contribution in [0.3, 0.4) is 0 Å². The van der Waals surface area contributed by atoms with Gasteiger partial charge in [-0.15, -0.1) is 0 Å². The Morgan fingerprint density at radius 3 is 2.65 bits per heavy atom. The van der Waals surface area contributed by atoms with Gasteiger partial charge in [0.05, 0.1) is 24.0 Å². The Morgan fingerprint density at radius 2 is 2.06 bits per heavy atom. The summed E-state index contributed by atoms with van der Waals surface area (Å²) in [4.78, 5) is 14.5. The zero-order valence-corrected chi connectivity index (χ0v) is 10.3. The van der Waals surface area contributed by atoms with E-state index < -0.39 is 5.97 Å². The Kier molecular flexibility index (Phi) is 4.45. The minimum atomic E-state index is -1.02. The Bertz CT molecular complexity index is 384. The van der Waals surface area contributed by atoms with E-state index in [0.717, 1.165) is 0 Å². The molecular formula is C12H17NO4. The van der Waals surface area contributed by atoms with E-state index >= 15 is 0 Å². The molecule has 0 aliphatic heterocycles. The molecule has 0 aliphatic rings. The molecule has 1 rings (SSSR count). The predicted molar refractivity (Wildman–Crippen MR) is 62.4 cm³/mol. The number of hydrogen-bond donors (Lipinski definition) is 1. The minimum Gasteiger partial charge on any atom is -0.490 e. The van der Waals surface area contributed by atoms with Crippen molar-refractivity contribution >= 4 is 5.97 Å². The van der Waals surface area contributed by atoms with Crippen LogP contribution in [0.25, 0.3) is 0 Å². The average Bonchev–Trinajstić information content (AvgIpc) is 2.23. The fourth-order valence-corrected chi connectivity index (χ4v) is 1.12. The van der Waals surface area contributed by atoms with Gasteiger partial charge in [0.15, 0.2) is 0 Å². The third-order valence-corrected chi connectivity index (χ3v) is 1.85. The van der Waals surface area contributed by atoms with Crippen molar-refractivity contribution in [1.82, 2.24) is 4.98 Å². The molecule has 1 heterocycles. The molecule has 0 amide bonds. The van der Waals surface area contributed by atoms with E-state index in [1.165, 1.54) is 18.5 Å². The lowest BCUT2D eigenvalue weighted by Crippen LogP contribution is -2.22. The highest BCUT2D eigenvalue weighted by molar-refractivity contribution is 5.87. The molecular weight excluding hydrogens is 222 g/mol. The minimum absolute atomic E-state index is 0.110. The van der Waals surface area contributed by atoms with Gasteiger partial charge in [0, 0.05) is 6.20 Å². The standard InChI is InChI=1S/C12H17NO4/c1-12(2,3)17-5-4-16-10-6-9(11(14)15)7-13-8-10/h6-8H,4-5H2,1-3H3,(H,14,15). The second-order valence-electron chi connectivity index (χ2n) is 4.52. The zero-order chi connectivity index (χ0) is 12.9. The van der Waals surface area contributed by atoms with E-state index in [9.17, 15) is 4.79 Å². The number of carboxylic acid groups (broad SMARTS) is 1. The Balaban J connectivity index is 2.42. The molecule has 0 bridgehead atoms. The summed E-state index contributed by atoms with van der Waals surface area (Å²) in [6.45, 7) is 6.68. The first-order valence-corrected chi connectivity index (χ1v) is 5.33. The number of hydrogen-bond acceptors (Lipinski definition) is 4. The van der Waals surface area contributed by atoms with Crippen LogP contribution >= 0.6 is 0 Å². The highest BCUT2D eigenvalue weighted by Gasteiger charge is 2.09. The van der Waals surface area contributed by atoms with Gasteiger partial charge in [0.25, 0.3) is 0 Å². The molecule has 1 aromatic heterocycles. The van der Waals surface area contributed by atoms with Crippen molar-refractivity contribution in [2.45, 2.75) is 26.4 Å². The second kappa shape index (κ2) is 5.63. The topological polar surface area (TPSA) is 68.7 Å². The van der Waals surface area contributed by atoms with Crippen LogP contribution in [-0.4, -0.2) is 34.9 Å². The molecule has 5 nitrogen and oxygen atoms in total. The van der Waals surface area contributed by atoms with Crippen LogP contribution in [0.4, 0.5) is 0 Å². The molecule has 17 heavy (non-hydrogen) atoms. The van der Waals surface area contributed by atoms with Crippen molar-refractivity contribution in [3.8, 4) is 5.75 Å². The largest absolute Gasteiger partial charge is 0.490 e. The number of pyridine rings is 1. The normalized spacial score (nSPS) is 11.2. The summed E-state index contributed by atoms with van der Waals surface area (Å²) in [5.41, 5.74) is -0.0934. The summed E-state index contributed by atoms with van der Waals surface area (Å²) >= 11 is 0. The molecule has 1 N–H and O–H groups in total. The van der Waals surface area contributed by atoms with Crippen LogP contribution < -0.4 is 4.74 Å². The molecule has 0 fully saturated rings. The van der Waals surface area contributed by atoms with E-state index in [0.29, 0.717) is 19.0 Å². The van der Waals surface area contributed by atoms with E-state index in [-0.39, 0.29) is 11.2 Å². The number of carboxylic acids is 1. The lowest BCUT2D eigenvalue weighted by atomic mass is 10.2. The van der Waals surface area contributed by atoms with Crippen molar-refractivity contribution in [2.75, 3.05) is 13.2 Å². The quantitative estimate of drug-likeness (QED) is 0.795. The highest BCUT2D eigenvalue weighted by Crippen LogP contribution is 2.11. The fraction of sp³-hybridized carbons (Fsp3) is 0.500. The molecule has 94 valence electrons. The van der Waals surface area contributed by atoms with Gasteiger partial charge in [-0.25, -0.2) is 4.79 Å². The van der Waals surface area contributed by atoms with Gasteiger partial charge in [0.1, 0.15) is 12.4 Å². The predicted octanol–water partition coefficient (Wildman–Crippen LogP) is 1.97. The van der Waals surface area contributed by atoms with Gasteiger partial charge in [0.2, 0.25) is 0 Å². The molecule has 0 atom stereocenters. The maximum absolute atomic E-state index is 10.7. The smallest absolute Gasteiger partial charge is 0.337 e. The van der Waals surface area contributed by atoms with Gasteiger partial charge >= 0.3 is 5.97 Å². The molecule has 0 aliphatic carbocycles. The number of aromatic nitrogens is 1. The molecule has 0 saturated heterocycles. The van der Waals surface area contributed by atoms with Crippen LogP contribution in [0.5, 0.6) is 5.75 Å². The van der Waals surface area contributed by atoms with Gasteiger partial charge in [-0.1, -0.05) is 0 Å². The third-order valence-electron chi connectivity index (χ3n) is 1.85. The zero-order valence-electron chi connectivity index (χ0n) is 10.3. The first-order chi connectivity index (χ1) is 7.88. The lowest BCUT2D eigenvalue weighted by Gasteiger charge is -2.19. The fourth-order valence-electron chi connectivity index (χ4n) is 1.12. The van der Waals surface area contributed by atoms with Crippen molar-refractivity contribution in [1.29, 1.82) is 0 Å². The Hall–Kier alpha value is -1.62. The average molecular weight is 239 g/mol. The lowest BCUT2D eigenvalue weighted by molar-refractivity contribution is -0.0163. The summed E-state index contributed by atoms with van der Waals surface area (Å²) in [7, 11) is 0. The van der Waals surface area contributed by atoms with E-state index in [4.69, 9.17) is 14.6 Å².